The highest BCUT2D eigenvalue weighted by Gasteiger charge is 2.34. The van der Waals surface area contributed by atoms with Crippen LogP contribution in [0.5, 0.6) is 23.0 Å². The van der Waals surface area contributed by atoms with Gasteiger partial charge in [-0.05, 0) is 66.1 Å². The minimum Gasteiger partial charge on any atom is -0.497 e. The Labute approximate surface area is 191 Å². The van der Waals surface area contributed by atoms with Gasteiger partial charge in [0.15, 0.2) is 11.5 Å². The van der Waals surface area contributed by atoms with Crippen LogP contribution in [0.3, 0.4) is 0 Å². The molecule has 0 fully saturated rings. The SMILES string of the molecule is COc1ccc(OCC2c3cc(OC)c(OC)cc3CCN2C(=O)c2ccc[nH]c2=O)cc1. The minimum absolute atomic E-state index is 0.0934. The summed E-state index contributed by atoms with van der Waals surface area (Å²) in [7, 11) is 4.77. The Morgan fingerprint density at radius 2 is 1.70 bits per heavy atom. The van der Waals surface area contributed by atoms with Crippen LogP contribution >= 0.6 is 0 Å². The third-order valence-corrected chi connectivity index (χ3v) is 5.78. The first-order valence-corrected chi connectivity index (χ1v) is 10.6. The fourth-order valence-electron chi connectivity index (χ4n) is 4.04. The van der Waals surface area contributed by atoms with Gasteiger partial charge in [0.25, 0.3) is 11.5 Å². The second kappa shape index (κ2) is 9.68. The molecule has 8 nitrogen and oxygen atoms in total. The van der Waals surface area contributed by atoms with Crippen molar-refractivity contribution in [3.8, 4) is 23.0 Å². The molecular formula is C25H26N2O6. The molecular weight excluding hydrogens is 424 g/mol. The van der Waals surface area contributed by atoms with Crippen LogP contribution in [0.15, 0.2) is 59.5 Å². The van der Waals surface area contributed by atoms with Gasteiger partial charge in [-0.3, -0.25) is 9.59 Å². The topological polar surface area (TPSA) is 90.1 Å². The monoisotopic (exact) mass is 450 g/mol. The molecule has 0 spiro atoms. The molecule has 0 saturated carbocycles. The van der Waals surface area contributed by atoms with Gasteiger partial charge in [-0.15, -0.1) is 0 Å². The number of H-pyrrole nitrogens is 1. The van der Waals surface area contributed by atoms with Crippen LogP contribution in [-0.4, -0.2) is 50.3 Å². The van der Waals surface area contributed by atoms with E-state index >= 15 is 0 Å². The van der Waals surface area contributed by atoms with Gasteiger partial charge in [0.05, 0.1) is 27.4 Å². The molecule has 1 aliphatic rings. The summed E-state index contributed by atoms with van der Waals surface area (Å²) in [6.07, 6.45) is 2.12. The van der Waals surface area contributed by atoms with Crippen LogP contribution in [0.4, 0.5) is 0 Å². The lowest BCUT2D eigenvalue weighted by atomic mass is 9.91. The molecule has 33 heavy (non-hydrogen) atoms. The van der Waals surface area contributed by atoms with Crippen LogP contribution in [0.2, 0.25) is 0 Å². The van der Waals surface area contributed by atoms with Gasteiger partial charge in [0, 0.05) is 12.7 Å². The van der Waals surface area contributed by atoms with E-state index in [1.165, 1.54) is 12.3 Å². The van der Waals surface area contributed by atoms with E-state index in [0.29, 0.717) is 30.2 Å². The number of fused-ring (bicyclic) bond motifs is 1. The lowest BCUT2D eigenvalue weighted by Gasteiger charge is -2.37. The third kappa shape index (κ3) is 4.50. The second-order valence-corrected chi connectivity index (χ2v) is 7.57. The van der Waals surface area contributed by atoms with Crippen LogP contribution in [0.1, 0.15) is 27.5 Å². The van der Waals surface area contributed by atoms with E-state index in [4.69, 9.17) is 18.9 Å². The average molecular weight is 450 g/mol. The number of nitrogens with one attached hydrogen (secondary N) is 1. The van der Waals surface area contributed by atoms with Crippen LogP contribution in [-0.2, 0) is 6.42 Å². The predicted octanol–water partition coefficient (Wildman–Crippen LogP) is 3.22. The molecule has 1 amide bonds. The largest absolute Gasteiger partial charge is 0.497 e. The molecule has 8 heteroatoms. The van der Waals surface area contributed by atoms with E-state index in [2.05, 4.69) is 4.98 Å². The quantitative estimate of drug-likeness (QED) is 0.595. The number of carbonyl (C=O) groups excluding carboxylic acids is 1. The van der Waals surface area contributed by atoms with E-state index in [0.717, 1.165) is 16.9 Å². The molecule has 3 aromatic rings. The van der Waals surface area contributed by atoms with Crippen molar-refractivity contribution < 1.29 is 23.7 Å². The van der Waals surface area contributed by atoms with Crippen molar-refractivity contribution in [2.24, 2.45) is 0 Å². The maximum absolute atomic E-state index is 13.4. The first kappa shape index (κ1) is 22.3. The van der Waals surface area contributed by atoms with Gasteiger partial charge >= 0.3 is 0 Å². The van der Waals surface area contributed by atoms with Crippen molar-refractivity contribution in [2.75, 3.05) is 34.5 Å². The summed E-state index contributed by atoms with van der Waals surface area (Å²) in [5, 5.41) is 0. The Balaban J connectivity index is 1.70. The zero-order chi connectivity index (χ0) is 23.4. The Hall–Kier alpha value is -3.94. The number of carbonyl (C=O) groups is 1. The van der Waals surface area contributed by atoms with E-state index in [-0.39, 0.29) is 18.1 Å². The van der Waals surface area contributed by atoms with Gasteiger partial charge in [-0.2, -0.15) is 0 Å². The number of nitrogens with zero attached hydrogens (tertiary/aromatic N) is 1. The standard InChI is InChI=1S/C25H26N2O6/c1-30-17-6-8-18(9-7-17)33-15-21-20-14-23(32-3)22(31-2)13-16(20)10-12-27(21)25(29)19-5-4-11-26-24(19)28/h4-9,11,13-14,21H,10,12,15H2,1-3H3,(H,26,28). The van der Waals surface area contributed by atoms with Crippen molar-refractivity contribution in [3.63, 3.8) is 0 Å². The lowest BCUT2D eigenvalue weighted by molar-refractivity contribution is 0.0587. The summed E-state index contributed by atoms with van der Waals surface area (Å²) in [6.45, 7) is 0.636. The highest BCUT2D eigenvalue weighted by Crippen LogP contribution is 2.39. The molecule has 2 aromatic carbocycles. The van der Waals surface area contributed by atoms with Crippen LogP contribution in [0.25, 0.3) is 0 Å². The number of aromatic amines is 1. The number of rotatable bonds is 7. The first-order chi connectivity index (χ1) is 16.0. The highest BCUT2D eigenvalue weighted by atomic mass is 16.5. The number of methoxy groups -OCH3 is 3. The Morgan fingerprint density at radius 3 is 2.36 bits per heavy atom. The molecule has 1 atom stereocenters. The van der Waals surface area contributed by atoms with Gasteiger partial charge in [0.2, 0.25) is 0 Å². The molecule has 0 aliphatic carbocycles. The number of amides is 1. The Kier molecular flexibility index (Phi) is 6.53. The Bertz CT molecular complexity index is 1190. The zero-order valence-electron chi connectivity index (χ0n) is 18.8. The molecule has 172 valence electrons. The summed E-state index contributed by atoms with van der Waals surface area (Å²) in [5.74, 6) is 2.22. The Morgan fingerprint density at radius 1 is 1.00 bits per heavy atom. The molecule has 0 bridgehead atoms. The minimum atomic E-state index is -0.428. The van der Waals surface area contributed by atoms with Crippen LogP contribution < -0.4 is 24.5 Å². The number of benzene rings is 2. The number of hydrogen-bond donors (Lipinski definition) is 1. The number of ether oxygens (including phenoxy) is 4. The maximum atomic E-state index is 13.4. The van der Waals surface area contributed by atoms with E-state index in [1.807, 2.05) is 36.4 Å². The number of pyridine rings is 1. The van der Waals surface area contributed by atoms with Crippen molar-refractivity contribution in [1.29, 1.82) is 0 Å². The molecule has 0 radical (unpaired) electrons. The van der Waals surface area contributed by atoms with Gasteiger partial charge in [-0.25, -0.2) is 0 Å². The third-order valence-electron chi connectivity index (χ3n) is 5.78. The fourth-order valence-corrected chi connectivity index (χ4v) is 4.04. The fraction of sp³-hybridized carbons (Fsp3) is 0.280. The second-order valence-electron chi connectivity index (χ2n) is 7.57. The summed E-state index contributed by atoms with van der Waals surface area (Å²) in [4.78, 5) is 29.9. The number of hydrogen-bond acceptors (Lipinski definition) is 6. The van der Waals surface area contributed by atoms with E-state index < -0.39 is 11.6 Å². The summed E-state index contributed by atoms with van der Waals surface area (Å²) in [6, 6.07) is 13.8. The normalized spacial score (nSPS) is 14.9. The van der Waals surface area contributed by atoms with Gasteiger partial charge in [-0.1, -0.05) is 0 Å². The van der Waals surface area contributed by atoms with E-state index in [1.54, 1.807) is 32.3 Å². The number of aromatic nitrogens is 1. The van der Waals surface area contributed by atoms with E-state index in [9.17, 15) is 9.59 Å². The maximum Gasteiger partial charge on any atom is 0.260 e. The summed E-state index contributed by atoms with van der Waals surface area (Å²) >= 11 is 0. The molecule has 1 N–H and O–H groups in total. The van der Waals surface area contributed by atoms with Gasteiger partial charge < -0.3 is 28.8 Å². The summed E-state index contributed by atoms with van der Waals surface area (Å²) in [5.41, 5.74) is 1.61. The van der Waals surface area contributed by atoms with Gasteiger partial charge in [0.1, 0.15) is 23.7 Å². The van der Waals surface area contributed by atoms with Crippen molar-refractivity contribution in [2.45, 2.75) is 12.5 Å². The van der Waals surface area contributed by atoms with Crippen molar-refractivity contribution in [3.05, 3.63) is 81.8 Å². The molecule has 1 unspecified atom stereocenters. The zero-order valence-corrected chi connectivity index (χ0v) is 18.8. The molecule has 1 aromatic heterocycles. The average Bonchev–Trinajstić information content (AvgIpc) is 2.86. The molecule has 4 rings (SSSR count). The van der Waals surface area contributed by atoms with Crippen molar-refractivity contribution in [1.82, 2.24) is 9.88 Å². The molecule has 2 heterocycles. The first-order valence-electron chi connectivity index (χ1n) is 10.6. The summed E-state index contributed by atoms with van der Waals surface area (Å²) < 4.78 is 22.2. The smallest absolute Gasteiger partial charge is 0.260 e. The molecule has 1 aliphatic heterocycles. The van der Waals surface area contributed by atoms with Crippen molar-refractivity contribution >= 4 is 5.91 Å². The lowest BCUT2D eigenvalue weighted by Crippen LogP contribution is -2.44. The highest BCUT2D eigenvalue weighted by molar-refractivity contribution is 5.94. The van der Waals surface area contributed by atoms with Crippen LogP contribution in [0, 0.1) is 0 Å². The molecule has 0 saturated heterocycles. The predicted molar refractivity (Wildman–Crippen MR) is 123 cm³/mol.